The molecule has 2 saturated heterocycles. The van der Waals surface area contributed by atoms with Crippen molar-refractivity contribution < 1.29 is 19.7 Å². The third-order valence-corrected chi connectivity index (χ3v) is 6.23. The van der Waals surface area contributed by atoms with E-state index in [1.807, 2.05) is 6.08 Å². The van der Waals surface area contributed by atoms with Crippen LogP contribution in [-0.2, 0) is 16.0 Å². The Morgan fingerprint density at radius 2 is 1.97 bits per heavy atom. The van der Waals surface area contributed by atoms with Gasteiger partial charge < -0.3 is 14.9 Å². The predicted molar refractivity (Wildman–Crippen MR) is 115 cm³/mol. The Bertz CT molecular complexity index is 706. The molecule has 2 N–H and O–H groups in total. The maximum Gasteiger partial charge on any atom is 0.303 e. The van der Waals surface area contributed by atoms with Crippen LogP contribution in [0.4, 0.5) is 0 Å². The van der Waals surface area contributed by atoms with Gasteiger partial charge in [0.15, 0.2) is 0 Å². The van der Waals surface area contributed by atoms with Crippen LogP contribution in [0.3, 0.4) is 0 Å². The molecule has 0 aromatic heterocycles. The first-order chi connectivity index (χ1) is 14.0. The van der Waals surface area contributed by atoms with Crippen molar-refractivity contribution in [3.63, 3.8) is 0 Å². The largest absolute Gasteiger partial charge is 0.481 e. The van der Waals surface area contributed by atoms with Crippen LogP contribution in [0.25, 0.3) is 0 Å². The number of allylic oxidation sites excluding steroid dienone is 2. The molecule has 0 spiro atoms. The van der Waals surface area contributed by atoms with Gasteiger partial charge in [-0.1, -0.05) is 54.1 Å². The van der Waals surface area contributed by atoms with E-state index in [2.05, 4.69) is 49.4 Å². The molecule has 2 fully saturated rings. The SMILES string of the molecule is Cc1ccc(CC[C@@H](O)/C=C/C2[C@@H](C/C=C\CCCC(=O)O)[C@H]3CC[C@H]2O3)cc1. The van der Waals surface area contributed by atoms with Crippen LogP contribution in [0.15, 0.2) is 48.6 Å². The summed E-state index contributed by atoms with van der Waals surface area (Å²) in [6.07, 6.45) is 15.2. The summed E-state index contributed by atoms with van der Waals surface area (Å²) >= 11 is 0. The van der Waals surface area contributed by atoms with Crippen LogP contribution in [0, 0.1) is 18.8 Å². The molecule has 1 aromatic carbocycles. The fourth-order valence-electron chi connectivity index (χ4n) is 4.55. The maximum atomic E-state index is 10.6. The van der Waals surface area contributed by atoms with Crippen molar-refractivity contribution in [2.75, 3.05) is 0 Å². The van der Waals surface area contributed by atoms with Gasteiger partial charge in [0.25, 0.3) is 0 Å². The molecule has 0 saturated carbocycles. The first-order valence-corrected chi connectivity index (χ1v) is 11.0. The van der Waals surface area contributed by atoms with Crippen molar-refractivity contribution in [2.45, 2.75) is 76.6 Å². The zero-order valence-electron chi connectivity index (χ0n) is 17.4. The van der Waals surface area contributed by atoms with Crippen LogP contribution in [0.2, 0.25) is 0 Å². The number of hydrogen-bond acceptors (Lipinski definition) is 3. The van der Waals surface area contributed by atoms with E-state index < -0.39 is 12.1 Å². The van der Waals surface area contributed by atoms with E-state index >= 15 is 0 Å². The van der Waals surface area contributed by atoms with Gasteiger partial charge in [0, 0.05) is 12.3 Å². The minimum atomic E-state index is -0.731. The van der Waals surface area contributed by atoms with Crippen molar-refractivity contribution in [2.24, 2.45) is 11.8 Å². The predicted octanol–water partition coefficient (Wildman–Crippen LogP) is 4.84. The zero-order chi connectivity index (χ0) is 20.6. The highest BCUT2D eigenvalue weighted by molar-refractivity contribution is 5.66. The molecule has 0 aliphatic carbocycles. The number of aliphatic hydroxyl groups is 1. The summed E-state index contributed by atoms with van der Waals surface area (Å²) in [7, 11) is 0. The second kappa shape index (κ2) is 10.7. The van der Waals surface area contributed by atoms with E-state index in [1.54, 1.807) is 0 Å². The number of carbonyl (C=O) groups is 1. The molecule has 0 amide bonds. The number of aryl methyl sites for hydroxylation is 2. The van der Waals surface area contributed by atoms with Crippen molar-refractivity contribution in [3.8, 4) is 0 Å². The number of rotatable bonds is 11. The van der Waals surface area contributed by atoms with Crippen molar-refractivity contribution in [1.82, 2.24) is 0 Å². The lowest BCUT2D eigenvalue weighted by molar-refractivity contribution is -0.137. The number of hydrogen-bond donors (Lipinski definition) is 2. The number of ether oxygens (including phenoxy) is 1. The van der Waals surface area contributed by atoms with Crippen LogP contribution >= 0.6 is 0 Å². The molecule has 2 heterocycles. The molecule has 2 aliphatic rings. The first-order valence-electron chi connectivity index (χ1n) is 11.0. The lowest BCUT2D eigenvalue weighted by atomic mass is 9.77. The number of benzene rings is 1. The first kappa shape index (κ1) is 21.8. The van der Waals surface area contributed by atoms with Crippen molar-refractivity contribution in [3.05, 3.63) is 59.7 Å². The highest BCUT2D eigenvalue weighted by Gasteiger charge is 2.46. The fraction of sp³-hybridized carbons (Fsp3) is 0.560. The van der Waals surface area contributed by atoms with E-state index in [-0.39, 0.29) is 12.5 Å². The Morgan fingerprint density at radius 3 is 2.72 bits per heavy atom. The van der Waals surface area contributed by atoms with Gasteiger partial charge in [0.05, 0.1) is 18.3 Å². The van der Waals surface area contributed by atoms with Gasteiger partial charge in [-0.3, -0.25) is 4.79 Å². The Labute approximate surface area is 174 Å². The van der Waals surface area contributed by atoms with Gasteiger partial charge >= 0.3 is 5.97 Å². The molecule has 29 heavy (non-hydrogen) atoms. The lowest BCUT2D eigenvalue weighted by Crippen LogP contribution is -2.25. The van der Waals surface area contributed by atoms with E-state index in [0.717, 1.165) is 38.5 Å². The Hall–Kier alpha value is -1.91. The molecule has 1 unspecified atom stereocenters. The van der Waals surface area contributed by atoms with Gasteiger partial charge in [-0.15, -0.1) is 0 Å². The normalized spacial score (nSPS) is 27.2. The van der Waals surface area contributed by atoms with E-state index in [4.69, 9.17) is 9.84 Å². The number of unbranched alkanes of at least 4 members (excludes halogenated alkanes) is 1. The summed E-state index contributed by atoms with van der Waals surface area (Å²) in [5.41, 5.74) is 2.52. The Balaban J connectivity index is 1.46. The highest BCUT2D eigenvalue weighted by atomic mass is 16.5. The van der Waals surface area contributed by atoms with Crippen LogP contribution in [0.1, 0.15) is 56.1 Å². The van der Waals surface area contributed by atoms with Crippen molar-refractivity contribution in [1.29, 1.82) is 0 Å². The maximum absolute atomic E-state index is 10.6. The summed E-state index contributed by atoms with van der Waals surface area (Å²) in [5, 5.41) is 19.1. The van der Waals surface area contributed by atoms with Crippen LogP contribution in [-0.4, -0.2) is 34.5 Å². The second-order valence-electron chi connectivity index (χ2n) is 8.50. The molecule has 1 aromatic rings. The van der Waals surface area contributed by atoms with E-state index in [1.165, 1.54) is 11.1 Å². The van der Waals surface area contributed by atoms with Crippen LogP contribution in [0.5, 0.6) is 0 Å². The number of carboxylic acid groups (broad SMARTS) is 1. The fourth-order valence-corrected chi connectivity index (χ4v) is 4.55. The standard InChI is InChI=1S/C25H34O4/c1-18-8-10-19(11-9-18)12-13-20(26)14-15-22-21(23-16-17-24(22)29-23)6-4-2-3-5-7-25(27)28/h2,4,8-11,14-15,20-24,26H,3,5-7,12-13,16-17H2,1H3,(H,27,28)/b4-2-,15-14+/t20-,21-,22?,23-,24-/m1/s1. The van der Waals surface area contributed by atoms with Gasteiger partial charge in [-0.25, -0.2) is 0 Å². The summed E-state index contributed by atoms with van der Waals surface area (Å²) < 4.78 is 6.14. The molecule has 5 atom stereocenters. The van der Waals surface area contributed by atoms with E-state index in [0.29, 0.717) is 24.4 Å². The second-order valence-corrected chi connectivity index (χ2v) is 8.50. The number of fused-ring (bicyclic) bond motifs is 2. The molecular weight excluding hydrogens is 364 g/mol. The monoisotopic (exact) mass is 398 g/mol. The minimum Gasteiger partial charge on any atom is -0.481 e. The highest BCUT2D eigenvalue weighted by Crippen LogP contribution is 2.45. The van der Waals surface area contributed by atoms with Crippen molar-refractivity contribution >= 4 is 5.97 Å². The minimum absolute atomic E-state index is 0.230. The lowest BCUT2D eigenvalue weighted by Gasteiger charge is -2.25. The summed E-state index contributed by atoms with van der Waals surface area (Å²) in [6.45, 7) is 2.08. The van der Waals surface area contributed by atoms with Gasteiger partial charge in [0.1, 0.15) is 0 Å². The summed E-state index contributed by atoms with van der Waals surface area (Å²) in [6, 6.07) is 8.50. The molecule has 0 radical (unpaired) electrons. The molecular formula is C25H34O4. The molecule has 2 bridgehead atoms. The van der Waals surface area contributed by atoms with E-state index in [9.17, 15) is 9.90 Å². The zero-order valence-corrected chi connectivity index (χ0v) is 17.4. The third kappa shape index (κ3) is 6.55. The van der Waals surface area contributed by atoms with Gasteiger partial charge in [-0.2, -0.15) is 0 Å². The number of aliphatic carboxylic acids is 1. The average Bonchev–Trinajstić information content (AvgIpc) is 3.30. The number of aliphatic hydroxyl groups excluding tert-OH is 1. The van der Waals surface area contributed by atoms with Crippen LogP contribution < -0.4 is 0 Å². The molecule has 158 valence electrons. The molecule has 4 nitrogen and oxygen atoms in total. The Kier molecular flexibility index (Phi) is 8.08. The van der Waals surface area contributed by atoms with Gasteiger partial charge in [-0.05, 0) is 63.4 Å². The molecule has 4 heteroatoms. The molecule has 2 aliphatic heterocycles. The van der Waals surface area contributed by atoms with Gasteiger partial charge in [0.2, 0.25) is 0 Å². The summed E-state index contributed by atoms with van der Waals surface area (Å²) in [4.78, 5) is 10.6. The quantitative estimate of drug-likeness (QED) is 0.413. The Morgan fingerprint density at radius 1 is 1.21 bits per heavy atom. The smallest absolute Gasteiger partial charge is 0.303 e. The molecule has 3 rings (SSSR count). The topological polar surface area (TPSA) is 66.8 Å². The average molecular weight is 399 g/mol. The third-order valence-electron chi connectivity index (χ3n) is 6.23. The summed E-state index contributed by atoms with van der Waals surface area (Å²) in [5.74, 6) is 0.0995. The number of carboxylic acids is 1.